The summed E-state index contributed by atoms with van der Waals surface area (Å²) in [6.07, 6.45) is -14.7. The molecule has 0 atom stereocenters. The lowest BCUT2D eigenvalue weighted by atomic mass is 10.1. The SMILES string of the molecule is O=C(NCCNC(=O)C(F)(F)F)c1cc(OCC(F)(F)F)ccc1OCC(F)(F)F. The first-order valence-electron chi connectivity index (χ1n) is 7.75. The Kier molecular flexibility index (Phi) is 8.18. The van der Waals surface area contributed by atoms with Crippen molar-refractivity contribution in [2.45, 2.75) is 18.5 Å². The second-order valence-corrected chi connectivity index (χ2v) is 5.48. The molecule has 0 saturated heterocycles. The van der Waals surface area contributed by atoms with E-state index in [9.17, 15) is 49.1 Å². The molecule has 0 unspecified atom stereocenters. The summed E-state index contributed by atoms with van der Waals surface area (Å²) in [4.78, 5) is 22.7. The molecule has 2 N–H and O–H groups in total. The maximum atomic E-state index is 12.3. The molecule has 1 aromatic carbocycles. The Labute approximate surface area is 162 Å². The minimum Gasteiger partial charge on any atom is -0.484 e. The molecule has 30 heavy (non-hydrogen) atoms. The predicted octanol–water partition coefficient (Wildman–Crippen LogP) is 2.98. The van der Waals surface area contributed by atoms with E-state index in [0.717, 1.165) is 12.1 Å². The molecule has 15 heteroatoms. The lowest BCUT2D eigenvalue weighted by Crippen LogP contribution is -2.41. The van der Waals surface area contributed by atoms with Crippen molar-refractivity contribution >= 4 is 11.8 Å². The lowest BCUT2D eigenvalue weighted by molar-refractivity contribution is -0.173. The van der Waals surface area contributed by atoms with Gasteiger partial charge in [-0.2, -0.15) is 39.5 Å². The van der Waals surface area contributed by atoms with Gasteiger partial charge >= 0.3 is 24.4 Å². The Morgan fingerprint density at radius 2 is 1.33 bits per heavy atom. The number of amides is 2. The summed E-state index contributed by atoms with van der Waals surface area (Å²) in [5.41, 5.74) is -0.666. The highest BCUT2D eigenvalue weighted by Crippen LogP contribution is 2.27. The summed E-state index contributed by atoms with van der Waals surface area (Å²) in [6.45, 7) is -4.84. The predicted molar refractivity (Wildman–Crippen MR) is 80.9 cm³/mol. The van der Waals surface area contributed by atoms with Crippen molar-refractivity contribution in [2.24, 2.45) is 0 Å². The molecule has 6 nitrogen and oxygen atoms in total. The van der Waals surface area contributed by atoms with Crippen LogP contribution in [-0.2, 0) is 4.79 Å². The molecule has 0 spiro atoms. The van der Waals surface area contributed by atoms with Gasteiger partial charge in [0, 0.05) is 13.1 Å². The third-order valence-corrected chi connectivity index (χ3v) is 2.94. The van der Waals surface area contributed by atoms with E-state index in [0.29, 0.717) is 6.07 Å². The second-order valence-electron chi connectivity index (χ2n) is 5.48. The molecular formula is C15H13F9N2O4. The maximum Gasteiger partial charge on any atom is 0.471 e. The van der Waals surface area contributed by atoms with Gasteiger partial charge in [-0.05, 0) is 18.2 Å². The van der Waals surface area contributed by atoms with Gasteiger partial charge in [0.15, 0.2) is 13.2 Å². The Hall–Kier alpha value is -2.87. The highest BCUT2D eigenvalue weighted by atomic mass is 19.4. The van der Waals surface area contributed by atoms with Crippen LogP contribution in [0.5, 0.6) is 11.5 Å². The van der Waals surface area contributed by atoms with Crippen LogP contribution >= 0.6 is 0 Å². The minimum atomic E-state index is -5.16. The second kappa shape index (κ2) is 9.75. The van der Waals surface area contributed by atoms with Crippen LogP contribution in [0.3, 0.4) is 0 Å². The zero-order valence-electron chi connectivity index (χ0n) is 14.6. The number of rotatable bonds is 8. The van der Waals surface area contributed by atoms with Crippen molar-refractivity contribution in [3.8, 4) is 11.5 Å². The van der Waals surface area contributed by atoms with E-state index in [4.69, 9.17) is 0 Å². The molecular weight excluding hydrogens is 443 g/mol. The molecule has 0 aromatic heterocycles. The van der Waals surface area contributed by atoms with E-state index < -0.39 is 73.7 Å². The summed E-state index contributed by atoms with van der Waals surface area (Å²) >= 11 is 0. The largest absolute Gasteiger partial charge is 0.484 e. The van der Waals surface area contributed by atoms with Crippen LogP contribution in [-0.4, -0.2) is 56.6 Å². The molecule has 0 aliphatic rings. The van der Waals surface area contributed by atoms with E-state index in [1.54, 1.807) is 0 Å². The quantitative estimate of drug-likeness (QED) is 0.466. The Morgan fingerprint density at radius 1 is 0.800 bits per heavy atom. The van der Waals surface area contributed by atoms with Gasteiger partial charge < -0.3 is 20.1 Å². The van der Waals surface area contributed by atoms with Crippen LogP contribution in [0.4, 0.5) is 39.5 Å². The summed E-state index contributed by atoms with van der Waals surface area (Å²) in [7, 11) is 0. The molecule has 170 valence electrons. The van der Waals surface area contributed by atoms with Gasteiger partial charge in [-0.3, -0.25) is 9.59 Å². The van der Waals surface area contributed by atoms with Crippen LogP contribution < -0.4 is 20.1 Å². The summed E-state index contributed by atoms with van der Waals surface area (Å²) in [6, 6.07) is 2.26. The number of alkyl halides is 9. The topological polar surface area (TPSA) is 76.7 Å². The van der Waals surface area contributed by atoms with Gasteiger partial charge in [0.2, 0.25) is 0 Å². The number of hydrogen-bond acceptors (Lipinski definition) is 4. The van der Waals surface area contributed by atoms with Crippen molar-refractivity contribution in [1.82, 2.24) is 10.6 Å². The van der Waals surface area contributed by atoms with Crippen LogP contribution in [0, 0.1) is 0 Å². The van der Waals surface area contributed by atoms with Crippen LogP contribution in [0.2, 0.25) is 0 Å². The summed E-state index contributed by atoms with van der Waals surface area (Å²) in [5.74, 6) is -4.66. The van der Waals surface area contributed by atoms with Gasteiger partial charge in [-0.25, -0.2) is 0 Å². The lowest BCUT2D eigenvalue weighted by Gasteiger charge is -2.15. The molecule has 0 aliphatic heterocycles. The first kappa shape index (κ1) is 25.2. The van der Waals surface area contributed by atoms with E-state index >= 15 is 0 Å². The average molecular weight is 456 g/mol. The smallest absolute Gasteiger partial charge is 0.471 e. The highest BCUT2D eigenvalue weighted by molar-refractivity contribution is 5.97. The monoisotopic (exact) mass is 456 g/mol. The maximum absolute atomic E-state index is 12.3. The fourth-order valence-electron chi connectivity index (χ4n) is 1.77. The molecule has 1 rings (SSSR count). The van der Waals surface area contributed by atoms with Gasteiger partial charge in [-0.1, -0.05) is 0 Å². The van der Waals surface area contributed by atoms with E-state index in [1.165, 1.54) is 5.32 Å². The van der Waals surface area contributed by atoms with Crippen LogP contribution in [0.1, 0.15) is 10.4 Å². The van der Waals surface area contributed by atoms with Crippen molar-refractivity contribution in [2.75, 3.05) is 26.3 Å². The zero-order chi connectivity index (χ0) is 23.2. The molecule has 0 aliphatic carbocycles. The van der Waals surface area contributed by atoms with Crippen LogP contribution in [0.25, 0.3) is 0 Å². The summed E-state index contributed by atoms with van der Waals surface area (Å²) < 4.78 is 119. The molecule has 0 fully saturated rings. The normalized spacial score (nSPS) is 12.3. The number of carbonyl (C=O) groups excluding carboxylic acids is 2. The standard InChI is InChI=1S/C15H13F9N2O4/c16-13(17,18)6-29-8-1-2-10(30-7-14(19,20)21)9(5-8)11(27)25-3-4-26-12(28)15(22,23)24/h1-2,5H,3-4,6-7H2,(H,25,27)(H,26,28). The first-order chi connectivity index (χ1) is 13.6. The fraction of sp³-hybridized carbons (Fsp3) is 0.467. The number of ether oxygens (including phenoxy) is 2. The third-order valence-electron chi connectivity index (χ3n) is 2.94. The van der Waals surface area contributed by atoms with E-state index in [-0.39, 0.29) is 0 Å². The molecule has 0 bridgehead atoms. The molecule has 2 amide bonds. The number of benzene rings is 1. The Morgan fingerprint density at radius 3 is 1.87 bits per heavy atom. The van der Waals surface area contributed by atoms with Crippen molar-refractivity contribution < 1.29 is 58.6 Å². The molecule has 1 aromatic rings. The zero-order valence-corrected chi connectivity index (χ0v) is 14.6. The van der Waals surface area contributed by atoms with Gasteiger partial charge in [-0.15, -0.1) is 0 Å². The van der Waals surface area contributed by atoms with Crippen molar-refractivity contribution in [3.05, 3.63) is 23.8 Å². The minimum absolute atomic E-state index is 0.526. The van der Waals surface area contributed by atoms with E-state index in [1.807, 2.05) is 5.32 Å². The number of halogens is 9. The first-order valence-corrected chi connectivity index (χ1v) is 7.75. The Balaban J connectivity index is 2.86. The number of hydrogen-bond donors (Lipinski definition) is 2. The third kappa shape index (κ3) is 9.56. The van der Waals surface area contributed by atoms with Gasteiger partial charge in [0.05, 0.1) is 5.56 Å². The van der Waals surface area contributed by atoms with Gasteiger partial charge in [0.1, 0.15) is 11.5 Å². The molecule has 0 radical (unpaired) electrons. The van der Waals surface area contributed by atoms with Gasteiger partial charge in [0.25, 0.3) is 5.91 Å². The fourth-order valence-corrected chi connectivity index (χ4v) is 1.77. The average Bonchev–Trinajstić information content (AvgIpc) is 2.59. The molecule has 0 heterocycles. The van der Waals surface area contributed by atoms with Crippen LogP contribution in [0.15, 0.2) is 18.2 Å². The van der Waals surface area contributed by atoms with E-state index in [2.05, 4.69) is 9.47 Å². The summed E-state index contributed by atoms with van der Waals surface area (Å²) in [5, 5.41) is 3.41. The number of nitrogens with one attached hydrogen (secondary N) is 2. The Bertz CT molecular complexity index is 745. The van der Waals surface area contributed by atoms with Crippen molar-refractivity contribution in [1.29, 1.82) is 0 Å². The highest BCUT2D eigenvalue weighted by Gasteiger charge is 2.38. The van der Waals surface area contributed by atoms with Crippen molar-refractivity contribution in [3.63, 3.8) is 0 Å². The molecule has 0 saturated carbocycles. The number of carbonyl (C=O) groups is 2.